The van der Waals surface area contributed by atoms with Crippen LogP contribution in [0.15, 0.2) is 12.2 Å². The van der Waals surface area contributed by atoms with Crippen molar-refractivity contribution >= 4 is 5.91 Å². The molecular formula is C45H87NO8. The van der Waals surface area contributed by atoms with Gasteiger partial charge >= 0.3 is 0 Å². The minimum Gasteiger partial charge on any atom is -0.394 e. The molecule has 9 nitrogen and oxygen atoms in total. The maximum atomic E-state index is 12.9. The van der Waals surface area contributed by atoms with E-state index < -0.39 is 49.5 Å². The average Bonchev–Trinajstić information content (AvgIpc) is 3.17. The molecule has 0 aliphatic carbocycles. The summed E-state index contributed by atoms with van der Waals surface area (Å²) < 4.78 is 11.2. The van der Waals surface area contributed by atoms with E-state index in [1.165, 1.54) is 154 Å². The van der Waals surface area contributed by atoms with Crippen molar-refractivity contribution in [1.29, 1.82) is 0 Å². The predicted octanol–water partition coefficient (Wildman–Crippen LogP) is 9.34. The number of hydrogen-bond donors (Lipinski definition) is 6. The van der Waals surface area contributed by atoms with Gasteiger partial charge in [-0.1, -0.05) is 199 Å². The van der Waals surface area contributed by atoms with Crippen LogP contribution in [0.2, 0.25) is 0 Å². The lowest BCUT2D eigenvalue weighted by Crippen LogP contribution is -2.60. The van der Waals surface area contributed by atoms with Gasteiger partial charge in [0.15, 0.2) is 6.29 Å². The van der Waals surface area contributed by atoms with Crippen LogP contribution in [0.1, 0.15) is 213 Å². The molecule has 9 heteroatoms. The van der Waals surface area contributed by atoms with Gasteiger partial charge in [-0.15, -0.1) is 0 Å². The standard InChI is InChI=1S/C45H87NO8/c1-3-5-7-9-11-13-15-17-19-20-21-22-24-26-28-30-32-34-39(48)38(37-53-45-44(52)43(51)42(50)40(36-47)54-45)46-41(49)35-33-31-29-27-25-23-18-16-14-12-10-8-6-4-2/h32,34,38-40,42-45,47-48,50-52H,3-31,33,35-37H2,1-2H3,(H,46,49)/b34-32+. The highest BCUT2D eigenvalue weighted by Gasteiger charge is 2.44. The number of hydrogen-bond acceptors (Lipinski definition) is 8. The van der Waals surface area contributed by atoms with Gasteiger partial charge in [0.05, 0.1) is 25.4 Å². The van der Waals surface area contributed by atoms with Crippen molar-refractivity contribution in [2.24, 2.45) is 0 Å². The Bertz CT molecular complexity index is 858. The van der Waals surface area contributed by atoms with Gasteiger partial charge in [-0.25, -0.2) is 0 Å². The van der Waals surface area contributed by atoms with Crippen molar-refractivity contribution in [3.8, 4) is 0 Å². The molecule has 0 spiro atoms. The molecule has 0 bridgehead atoms. The maximum Gasteiger partial charge on any atom is 0.220 e. The minimum absolute atomic E-state index is 0.175. The number of carbonyl (C=O) groups is 1. The van der Waals surface area contributed by atoms with E-state index in [1.807, 2.05) is 6.08 Å². The minimum atomic E-state index is -1.56. The second kappa shape index (κ2) is 36.3. The first-order valence-corrected chi connectivity index (χ1v) is 22.9. The molecular weight excluding hydrogens is 682 g/mol. The van der Waals surface area contributed by atoms with Crippen LogP contribution in [0.3, 0.4) is 0 Å². The molecule has 0 radical (unpaired) electrons. The number of allylic oxidation sites excluding steroid dienone is 1. The van der Waals surface area contributed by atoms with Gasteiger partial charge < -0.3 is 40.3 Å². The van der Waals surface area contributed by atoms with Crippen LogP contribution in [0, 0.1) is 0 Å². The molecule has 1 rings (SSSR count). The fourth-order valence-corrected chi connectivity index (χ4v) is 7.39. The van der Waals surface area contributed by atoms with Crippen LogP contribution < -0.4 is 5.32 Å². The molecule has 1 fully saturated rings. The molecule has 7 unspecified atom stereocenters. The second-order valence-corrected chi connectivity index (χ2v) is 16.2. The summed E-state index contributed by atoms with van der Waals surface area (Å²) in [7, 11) is 0. The summed E-state index contributed by atoms with van der Waals surface area (Å²) in [6.07, 6.45) is 33.9. The van der Waals surface area contributed by atoms with Gasteiger partial charge in [-0.05, 0) is 19.3 Å². The van der Waals surface area contributed by atoms with Crippen LogP contribution in [0.25, 0.3) is 0 Å². The van der Waals surface area contributed by atoms with E-state index in [0.29, 0.717) is 6.42 Å². The van der Waals surface area contributed by atoms with Gasteiger partial charge in [0.1, 0.15) is 24.4 Å². The fraction of sp³-hybridized carbons (Fsp3) is 0.933. The molecule has 1 aliphatic rings. The zero-order valence-electron chi connectivity index (χ0n) is 35.0. The molecule has 0 saturated carbocycles. The first-order valence-electron chi connectivity index (χ1n) is 22.9. The van der Waals surface area contributed by atoms with Crippen molar-refractivity contribution in [3.05, 3.63) is 12.2 Å². The molecule has 0 aromatic carbocycles. The molecule has 7 atom stereocenters. The third kappa shape index (κ3) is 26.7. The quantitative estimate of drug-likeness (QED) is 0.0269. The topological polar surface area (TPSA) is 149 Å². The normalized spacial score (nSPS) is 21.5. The van der Waals surface area contributed by atoms with E-state index in [4.69, 9.17) is 9.47 Å². The van der Waals surface area contributed by atoms with Gasteiger partial charge in [-0.2, -0.15) is 0 Å². The average molecular weight is 770 g/mol. The molecule has 6 N–H and O–H groups in total. The Morgan fingerprint density at radius 3 is 1.44 bits per heavy atom. The molecule has 320 valence electrons. The summed E-state index contributed by atoms with van der Waals surface area (Å²) >= 11 is 0. The number of aliphatic hydroxyl groups is 5. The second-order valence-electron chi connectivity index (χ2n) is 16.2. The molecule has 1 heterocycles. The summed E-state index contributed by atoms with van der Waals surface area (Å²) in [5, 5.41) is 54.2. The Balaban J connectivity index is 2.36. The Morgan fingerprint density at radius 1 is 0.611 bits per heavy atom. The van der Waals surface area contributed by atoms with Gasteiger partial charge in [-0.3, -0.25) is 4.79 Å². The van der Waals surface area contributed by atoms with E-state index in [1.54, 1.807) is 6.08 Å². The largest absolute Gasteiger partial charge is 0.394 e. The smallest absolute Gasteiger partial charge is 0.220 e. The highest BCUT2D eigenvalue weighted by Crippen LogP contribution is 2.23. The Labute approximate surface area is 331 Å². The highest BCUT2D eigenvalue weighted by molar-refractivity contribution is 5.76. The first-order chi connectivity index (χ1) is 26.3. The molecule has 1 aliphatic heterocycles. The SMILES string of the molecule is CCCCCCCCCCCCCCCCC/C=C/C(O)C(COC1OC(CO)C(O)C(O)C1O)NC(=O)CCCCCCCCCCCCCCCC. The van der Waals surface area contributed by atoms with Gasteiger partial charge in [0.2, 0.25) is 5.91 Å². The van der Waals surface area contributed by atoms with Crippen LogP contribution in [-0.4, -0.2) is 87.5 Å². The van der Waals surface area contributed by atoms with Gasteiger partial charge in [0.25, 0.3) is 0 Å². The van der Waals surface area contributed by atoms with Crippen LogP contribution in [0.5, 0.6) is 0 Å². The Kier molecular flexibility index (Phi) is 34.2. The van der Waals surface area contributed by atoms with Crippen molar-refractivity contribution in [3.63, 3.8) is 0 Å². The highest BCUT2D eigenvalue weighted by atomic mass is 16.7. The number of nitrogens with one attached hydrogen (secondary N) is 1. The zero-order valence-corrected chi connectivity index (χ0v) is 35.0. The Morgan fingerprint density at radius 2 is 1.02 bits per heavy atom. The van der Waals surface area contributed by atoms with Crippen LogP contribution in [0.4, 0.5) is 0 Å². The lowest BCUT2D eigenvalue weighted by Gasteiger charge is -2.40. The molecule has 0 aromatic heterocycles. The van der Waals surface area contributed by atoms with E-state index in [-0.39, 0.29) is 12.5 Å². The number of unbranched alkanes of at least 4 members (excludes halogenated alkanes) is 28. The maximum absolute atomic E-state index is 12.9. The molecule has 54 heavy (non-hydrogen) atoms. The summed E-state index contributed by atoms with van der Waals surface area (Å²) in [5.74, 6) is -0.175. The van der Waals surface area contributed by atoms with E-state index >= 15 is 0 Å². The number of carbonyl (C=O) groups excluding carboxylic acids is 1. The fourth-order valence-electron chi connectivity index (χ4n) is 7.39. The summed E-state index contributed by atoms with van der Waals surface area (Å²) in [5.41, 5.74) is 0. The number of aliphatic hydroxyl groups excluding tert-OH is 5. The first kappa shape index (κ1) is 50.9. The number of ether oxygens (including phenoxy) is 2. The van der Waals surface area contributed by atoms with Crippen LogP contribution in [-0.2, 0) is 14.3 Å². The Hall–Kier alpha value is -1.07. The van der Waals surface area contributed by atoms with E-state index in [2.05, 4.69) is 19.2 Å². The number of amides is 1. The molecule has 0 aromatic rings. The zero-order chi connectivity index (χ0) is 39.5. The summed E-state index contributed by atoms with van der Waals surface area (Å²) in [6.45, 7) is 3.78. The molecule has 1 amide bonds. The number of rotatable bonds is 38. The van der Waals surface area contributed by atoms with Crippen LogP contribution >= 0.6 is 0 Å². The summed E-state index contributed by atoms with van der Waals surface area (Å²) in [6, 6.07) is -0.797. The van der Waals surface area contributed by atoms with Gasteiger partial charge in [0, 0.05) is 6.42 Å². The van der Waals surface area contributed by atoms with E-state index in [0.717, 1.165) is 38.5 Å². The molecule has 1 saturated heterocycles. The monoisotopic (exact) mass is 770 g/mol. The predicted molar refractivity (Wildman–Crippen MR) is 221 cm³/mol. The van der Waals surface area contributed by atoms with Crippen molar-refractivity contribution < 1.29 is 39.8 Å². The van der Waals surface area contributed by atoms with E-state index in [9.17, 15) is 30.3 Å². The third-order valence-corrected chi connectivity index (χ3v) is 11.1. The summed E-state index contributed by atoms with van der Waals surface area (Å²) in [4.78, 5) is 12.9. The third-order valence-electron chi connectivity index (χ3n) is 11.1. The lowest BCUT2D eigenvalue weighted by atomic mass is 9.99. The van der Waals surface area contributed by atoms with Crippen molar-refractivity contribution in [2.45, 2.75) is 256 Å². The lowest BCUT2D eigenvalue weighted by molar-refractivity contribution is -0.302. The van der Waals surface area contributed by atoms with Crippen molar-refractivity contribution in [1.82, 2.24) is 5.32 Å². The van der Waals surface area contributed by atoms with Crippen molar-refractivity contribution in [2.75, 3.05) is 13.2 Å².